The number of aliphatic hydroxyl groups excluding tert-OH is 1. The fourth-order valence-electron chi connectivity index (χ4n) is 2.99. The van der Waals surface area contributed by atoms with E-state index >= 15 is 0 Å². The van der Waals surface area contributed by atoms with Gasteiger partial charge in [-0.3, -0.25) is 0 Å². The van der Waals surface area contributed by atoms with E-state index in [4.69, 9.17) is 0 Å². The van der Waals surface area contributed by atoms with Gasteiger partial charge in [0.05, 0.1) is 6.10 Å². The molecule has 0 aliphatic heterocycles. The summed E-state index contributed by atoms with van der Waals surface area (Å²) in [6.07, 6.45) is 0.482. The third-order valence-corrected chi connectivity index (χ3v) is 5.64. The largest absolute Gasteiger partial charge is 0.387 e. The maximum Gasteiger partial charge on any atom is 0.0914 e. The second kappa shape index (κ2) is 10.3. The molecule has 0 spiro atoms. The van der Waals surface area contributed by atoms with Gasteiger partial charge in [0, 0.05) is 23.2 Å². The molecule has 0 aliphatic rings. The summed E-state index contributed by atoms with van der Waals surface area (Å²) < 4.78 is 0. The highest BCUT2D eigenvalue weighted by Gasteiger charge is 2.09. The highest BCUT2D eigenvalue weighted by molar-refractivity contribution is 7.98. The first-order chi connectivity index (χ1) is 13.2. The van der Waals surface area contributed by atoms with Crippen LogP contribution in [0.4, 0.5) is 0 Å². The zero-order chi connectivity index (χ0) is 18.9. The van der Waals surface area contributed by atoms with Gasteiger partial charge in [0.15, 0.2) is 0 Å². The standard InChI is InChI=1S/C24H27NOS/c1-19(25-17-24(26)22-10-6-3-7-11-22)16-20-12-14-23(15-13-20)27-18-21-8-4-2-5-9-21/h2-15,19,24-26H,16-18H2,1H3/t19?,24-/m0/s1. The SMILES string of the molecule is CC(Cc1ccc(SCc2ccccc2)cc1)NC[C@H](O)c1ccccc1. The summed E-state index contributed by atoms with van der Waals surface area (Å²) >= 11 is 1.86. The van der Waals surface area contributed by atoms with E-state index in [1.807, 2.05) is 42.1 Å². The molecule has 0 aromatic heterocycles. The van der Waals surface area contributed by atoms with Crippen LogP contribution in [-0.4, -0.2) is 17.7 Å². The summed E-state index contributed by atoms with van der Waals surface area (Å²) in [5, 5.41) is 13.7. The van der Waals surface area contributed by atoms with Crippen molar-refractivity contribution in [2.24, 2.45) is 0 Å². The Morgan fingerprint density at radius 3 is 2.11 bits per heavy atom. The minimum Gasteiger partial charge on any atom is -0.387 e. The molecule has 2 atom stereocenters. The second-order valence-electron chi connectivity index (χ2n) is 6.86. The number of benzene rings is 3. The highest BCUT2D eigenvalue weighted by Crippen LogP contribution is 2.23. The lowest BCUT2D eigenvalue weighted by molar-refractivity contribution is 0.170. The zero-order valence-electron chi connectivity index (χ0n) is 15.7. The predicted octanol–water partition coefficient (Wildman–Crippen LogP) is 5.23. The molecule has 3 heteroatoms. The van der Waals surface area contributed by atoms with E-state index in [2.05, 4.69) is 66.8 Å². The maximum absolute atomic E-state index is 10.3. The topological polar surface area (TPSA) is 32.3 Å². The summed E-state index contributed by atoms with van der Waals surface area (Å²) in [7, 11) is 0. The lowest BCUT2D eigenvalue weighted by atomic mass is 10.1. The van der Waals surface area contributed by atoms with Gasteiger partial charge in [0.1, 0.15) is 0 Å². The van der Waals surface area contributed by atoms with Crippen LogP contribution in [0.5, 0.6) is 0 Å². The van der Waals surface area contributed by atoms with Crippen molar-refractivity contribution >= 4 is 11.8 Å². The van der Waals surface area contributed by atoms with Crippen molar-refractivity contribution in [3.8, 4) is 0 Å². The summed E-state index contributed by atoms with van der Waals surface area (Å²) in [6.45, 7) is 2.73. The van der Waals surface area contributed by atoms with Crippen molar-refractivity contribution in [2.45, 2.75) is 36.1 Å². The summed E-state index contributed by atoms with van der Waals surface area (Å²) in [5.74, 6) is 0.996. The molecule has 0 saturated heterocycles. The van der Waals surface area contributed by atoms with E-state index in [1.54, 1.807) is 0 Å². The normalized spacial score (nSPS) is 13.3. The quantitative estimate of drug-likeness (QED) is 0.501. The van der Waals surface area contributed by atoms with Crippen LogP contribution < -0.4 is 5.32 Å². The van der Waals surface area contributed by atoms with Crippen molar-refractivity contribution in [3.05, 3.63) is 102 Å². The van der Waals surface area contributed by atoms with Crippen LogP contribution in [0.2, 0.25) is 0 Å². The third kappa shape index (κ3) is 6.55. The Hall–Kier alpha value is -2.07. The van der Waals surface area contributed by atoms with Gasteiger partial charge < -0.3 is 10.4 Å². The van der Waals surface area contributed by atoms with Crippen LogP contribution in [0.1, 0.15) is 29.7 Å². The van der Waals surface area contributed by atoms with Crippen molar-refractivity contribution in [2.75, 3.05) is 6.54 Å². The smallest absolute Gasteiger partial charge is 0.0914 e. The minimum atomic E-state index is -0.467. The van der Waals surface area contributed by atoms with Gasteiger partial charge >= 0.3 is 0 Å². The molecule has 1 unspecified atom stereocenters. The second-order valence-corrected chi connectivity index (χ2v) is 7.91. The fraction of sp³-hybridized carbons (Fsp3) is 0.250. The van der Waals surface area contributed by atoms with E-state index in [0.29, 0.717) is 12.6 Å². The van der Waals surface area contributed by atoms with Gasteiger partial charge in [0.25, 0.3) is 0 Å². The Morgan fingerprint density at radius 2 is 1.44 bits per heavy atom. The lowest BCUT2D eigenvalue weighted by Gasteiger charge is -2.17. The molecular weight excluding hydrogens is 350 g/mol. The first-order valence-electron chi connectivity index (χ1n) is 9.43. The monoisotopic (exact) mass is 377 g/mol. The van der Waals surface area contributed by atoms with E-state index in [0.717, 1.165) is 17.7 Å². The number of aliphatic hydroxyl groups is 1. The average Bonchev–Trinajstić information content (AvgIpc) is 2.73. The highest BCUT2D eigenvalue weighted by atomic mass is 32.2. The predicted molar refractivity (Wildman–Crippen MR) is 115 cm³/mol. The Labute approximate surface area is 166 Å². The number of thioether (sulfide) groups is 1. The maximum atomic E-state index is 10.3. The molecule has 0 heterocycles. The molecule has 0 radical (unpaired) electrons. The average molecular weight is 378 g/mol. The summed E-state index contributed by atoms with van der Waals surface area (Å²) in [5.41, 5.74) is 3.62. The number of hydrogen-bond donors (Lipinski definition) is 2. The molecule has 140 valence electrons. The van der Waals surface area contributed by atoms with E-state index in [9.17, 15) is 5.11 Å². The molecule has 0 bridgehead atoms. The molecule has 0 fully saturated rings. The third-order valence-electron chi connectivity index (χ3n) is 4.56. The van der Waals surface area contributed by atoms with Gasteiger partial charge in [-0.15, -0.1) is 11.8 Å². The van der Waals surface area contributed by atoms with Crippen LogP contribution in [0.3, 0.4) is 0 Å². The molecular formula is C24H27NOS. The van der Waals surface area contributed by atoms with Gasteiger partial charge in [0.2, 0.25) is 0 Å². The van der Waals surface area contributed by atoms with Gasteiger partial charge in [-0.25, -0.2) is 0 Å². The van der Waals surface area contributed by atoms with Crippen molar-refractivity contribution in [1.29, 1.82) is 0 Å². The fourth-order valence-corrected chi connectivity index (χ4v) is 3.85. The van der Waals surface area contributed by atoms with Gasteiger partial charge in [-0.05, 0) is 42.2 Å². The van der Waals surface area contributed by atoms with Crippen LogP contribution >= 0.6 is 11.8 Å². The van der Waals surface area contributed by atoms with E-state index < -0.39 is 6.10 Å². The lowest BCUT2D eigenvalue weighted by Crippen LogP contribution is -2.32. The van der Waals surface area contributed by atoms with E-state index in [-0.39, 0.29) is 0 Å². The minimum absolute atomic E-state index is 0.311. The molecule has 27 heavy (non-hydrogen) atoms. The molecule has 0 amide bonds. The Kier molecular flexibility index (Phi) is 7.52. The molecule has 2 nitrogen and oxygen atoms in total. The first kappa shape index (κ1) is 19.7. The Bertz CT molecular complexity index is 790. The molecule has 0 aliphatic carbocycles. The number of rotatable bonds is 9. The Morgan fingerprint density at radius 1 is 0.815 bits per heavy atom. The Balaban J connectivity index is 1.43. The van der Waals surface area contributed by atoms with Crippen LogP contribution in [0.25, 0.3) is 0 Å². The van der Waals surface area contributed by atoms with Crippen LogP contribution in [0.15, 0.2) is 89.8 Å². The van der Waals surface area contributed by atoms with E-state index in [1.165, 1.54) is 16.0 Å². The molecule has 3 aromatic rings. The van der Waals surface area contributed by atoms with Gasteiger partial charge in [-0.2, -0.15) is 0 Å². The molecule has 2 N–H and O–H groups in total. The molecule has 0 saturated carbocycles. The van der Waals surface area contributed by atoms with Crippen molar-refractivity contribution < 1.29 is 5.11 Å². The van der Waals surface area contributed by atoms with Gasteiger partial charge in [-0.1, -0.05) is 72.8 Å². The van der Waals surface area contributed by atoms with Crippen molar-refractivity contribution in [3.63, 3.8) is 0 Å². The molecule has 3 aromatic carbocycles. The summed E-state index contributed by atoms with van der Waals surface area (Å²) in [4.78, 5) is 1.29. The van der Waals surface area contributed by atoms with Crippen LogP contribution in [-0.2, 0) is 12.2 Å². The first-order valence-corrected chi connectivity index (χ1v) is 10.4. The molecule has 3 rings (SSSR count). The number of nitrogens with one attached hydrogen (secondary N) is 1. The summed E-state index contributed by atoms with van der Waals surface area (Å²) in [6, 6.07) is 29.5. The zero-order valence-corrected chi connectivity index (χ0v) is 16.5. The van der Waals surface area contributed by atoms with Crippen LogP contribution in [0, 0.1) is 0 Å². The number of hydrogen-bond acceptors (Lipinski definition) is 3. The van der Waals surface area contributed by atoms with Crippen molar-refractivity contribution in [1.82, 2.24) is 5.32 Å².